The van der Waals surface area contributed by atoms with Crippen LogP contribution in [0.15, 0.2) is 42.5 Å². The molecule has 1 saturated heterocycles. The van der Waals surface area contributed by atoms with Crippen LogP contribution in [-0.2, 0) is 16.4 Å². The van der Waals surface area contributed by atoms with Gasteiger partial charge in [0.05, 0.1) is 23.1 Å². The number of carbonyl (C=O) groups is 1. The number of carbonyl (C=O) groups excluding carboxylic acids is 1. The topological polar surface area (TPSA) is 110 Å². The number of hydrogen-bond donors (Lipinski definition) is 1. The Balaban J connectivity index is 1.45. The van der Waals surface area contributed by atoms with Crippen LogP contribution in [0, 0.1) is 5.82 Å². The maximum atomic E-state index is 14.8. The number of hydrogen-bond acceptors (Lipinski definition) is 7. The molecule has 0 bridgehead atoms. The summed E-state index contributed by atoms with van der Waals surface area (Å²) in [5.41, 5.74) is 1.91. The Labute approximate surface area is 191 Å². The third kappa shape index (κ3) is 5.42. The second-order valence-corrected chi connectivity index (χ2v) is 10.6. The molecule has 0 aliphatic carbocycles. The van der Waals surface area contributed by atoms with Crippen molar-refractivity contribution in [2.45, 2.75) is 26.4 Å². The second-order valence-electron chi connectivity index (χ2n) is 8.32. The zero-order valence-corrected chi connectivity index (χ0v) is 19.2. The van der Waals surface area contributed by atoms with E-state index in [2.05, 4.69) is 25.7 Å². The molecule has 0 saturated carbocycles. The lowest BCUT2D eigenvalue weighted by atomic mass is 10.1. The lowest BCUT2D eigenvalue weighted by molar-refractivity contribution is 0.102. The number of halogens is 1. The van der Waals surface area contributed by atoms with Gasteiger partial charge in [-0.1, -0.05) is 12.1 Å². The van der Waals surface area contributed by atoms with Gasteiger partial charge in [0, 0.05) is 30.9 Å². The summed E-state index contributed by atoms with van der Waals surface area (Å²) in [6.45, 7) is 5.31. The van der Waals surface area contributed by atoms with Crippen molar-refractivity contribution in [3.05, 3.63) is 59.4 Å². The molecule has 0 radical (unpaired) electrons. The first-order valence-corrected chi connectivity index (χ1v) is 12.4. The molecule has 3 aromatic rings. The SMILES string of the molecule is CC(C)n1nnnc1-c1ccc(NC(=O)c2cccc(CN3CCS(=O)(=O)CC3)c2)cc1F. The molecule has 1 N–H and O–H groups in total. The minimum absolute atomic E-state index is 0.0320. The van der Waals surface area contributed by atoms with Crippen LogP contribution in [0.4, 0.5) is 10.1 Å². The first-order chi connectivity index (χ1) is 15.7. The van der Waals surface area contributed by atoms with Gasteiger partial charge in [-0.25, -0.2) is 17.5 Å². The second kappa shape index (κ2) is 9.36. The van der Waals surface area contributed by atoms with Gasteiger partial charge in [0.2, 0.25) is 0 Å². The van der Waals surface area contributed by atoms with Crippen LogP contribution in [0.1, 0.15) is 35.8 Å². The predicted molar refractivity (Wildman–Crippen MR) is 122 cm³/mol. The molecule has 0 spiro atoms. The molecule has 1 fully saturated rings. The van der Waals surface area contributed by atoms with Crippen molar-refractivity contribution in [1.29, 1.82) is 0 Å². The number of benzene rings is 2. The molecular weight excluding hydrogens is 447 g/mol. The highest BCUT2D eigenvalue weighted by molar-refractivity contribution is 7.91. The van der Waals surface area contributed by atoms with E-state index in [0.717, 1.165) is 5.56 Å². The average molecular weight is 473 g/mol. The number of anilines is 1. The Hall–Kier alpha value is -3.18. The molecule has 1 aliphatic heterocycles. The van der Waals surface area contributed by atoms with Gasteiger partial charge in [-0.3, -0.25) is 9.69 Å². The number of rotatable bonds is 6. The van der Waals surface area contributed by atoms with Crippen molar-refractivity contribution in [2.75, 3.05) is 29.9 Å². The smallest absolute Gasteiger partial charge is 0.255 e. The van der Waals surface area contributed by atoms with Gasteiger partial charge < -0.3 is 5.32 Å². The van der Waals surface area contributed by atoms with Gasteiger partial charge in [0.25, 0.3) is 5.91 Å². The molecule has 2 aromatic carbocycles. The van der Waals surface area contributed by atoms with Crippen molar-refractivity contribution in [3.8, 4) is 11.4 Å². The Kier molecular flexibility index (Phi) is 6.52. The van der Waals surface area contributed by atoms with Crippen LogP contribution in [0.25, 0.3) is 11.4 Å². The number of nitrogens with zero attached hydrogens (tertiary/aromatic N) is 5. The Bertz CT molecular complexity index is 1260. The van der Waals surface area contributed by atoms with E-state index in [1.165, 1.54) is 16.8 Å². The normalized spacial score (nSPS) is 16.1. The summed E-state index contributed by atoms with van der Waals surface area (Å²) in [4.78, 5) is 14.8. The zero-order chi connectivity index (χ0) is 23.6. The summed E-state index contributed by atoms with van der Waals surface area (Å²) in [7, 11) is -2.94. The maximum Gasteiger partial charge on any atom is 0.255 e. The van der Waals surface area contributed by atoms with E-state index in [4.69, 9.17) is 0 Å². The van der Waals surface area contributed by atoms with Gasteiger partial charge in [-0.2, -0.15) is 0 Å². The highest BCUT2D eigenvalue weighted by atomic mass is 32.2. The van der Waals surface area contributed by atoms with E-state index in [9.17, 15) is 17.6 Å². The number of aromatic nitrogens is 4. The predicted octanol–water partition coefficient (Wildman–Crippen LogP) is 2.54. The van der Waals surface area contributed by atoms with Gasteiger partial charge in [-0.15, -0.1) is 5.10 Å². The molecule has 33 heavy (non-hydrogen) atoms. The fourth-order valence-corrected chi connectivity index (χ4v) is 4.95. The van der Waals surface area contributed by atoms with Crippen molar-refractivity contribution >= 4 is 21.4 Å². The van der Waals surface area contributed by atoms with Crippen molar-refractivity contribution in [3.63, 3.8) is 0 Å². The molecule has 9 nitrogen and oxygen atoms in total. The number of tetrazole rings is 1. The third-order valence-electron chi connectivity index (χ3n) is 5.48. The third-order valence-corrected chi connectivity index (χ3v) is 7.09. The van der Waals surface area contributed by atoms with Crippen LogP contribution in [-0.4, -0.2) is 64.0 Å². The van der Waals surface area contributed by atoms with Crippen LogP contribution < -0.4 is 5.32 Å². The highest BCUT2D eigenvalue weighted by Gasteiger charge is 2.22. The first kappa shape index (κ1) is 23.0. The summed E-state index contributed by atoms with van der Waals surface area (Å²) in [6.07, 6.45) is 0. The van der Waals surface area contributed by atoms with Gasteiger partial charge in [0.1, 0.15) is 5.82 Å². The molecule has 4 rings (SSSR count). The van der Waals surface area contributed by atoms with E-state index in [1.807, 2.05) is 19.9 Å². The number of nitrogens with one attached hydrogen (secondary N) is 1. The molecule has 0 atom stereocenters. The Morgan fingerprint density at radius 3 is 2.61 bits per heavy atom. The standard InChI is InChI=1S/C22H25FN6O3S/c1-15(2)29-21(25-26-27-29)19-7-6-18(13-20(19)23)24-22(30)17-5-3-4-16(12-17)14-28-8-10-33(31,32)11-9-28/h3-7,12-13,15H,8-11,14H2,1-2H3,(H,24,30). The molecular formula is C22H25FN6O3S. The van der Waals surface area contributed by atoms with E-state index >= 15 is 0 Å². The van der Waals surface area contributed by atoms with E-state index in [0.29, 0.717) is 36.7 Å². The van der Waals surface area contributed by atoms with Gasteiger partial charge in [0.15, 0.2) is 15.7 Å². The monoisotopic (exact) mass is 472 g/mol. The fourth-order valence-electron chi connectivity index (χ4n) is 3.67. The van der Waals surface area contributed by atoms with Crippen LogP contribution in [0.3, 0.4) is 0 Å². The molecule has 11 heteroatoms. The van der Waals surface area contributed by atoms with E-state index in [1.54, 1.807) is 24.3 Å². The lowest BCUT2D eigenvalue weighted by Crippen LogP contribution is -2.39. The van der Waals surface area contributed by atoms with Crippen LogP contribution in [0.2, 0.25) is 0 Å². The van der Waals surface area contributed by atoms with Crippen LogP contribution >= 0.6 is 0 Å². The lowest BCUT2D eigenvalue weighted by Gasteiger charge is -2.26. The number of amides is 1. The van der Waals surface area contributed by atoms with Gasteiger partial charge >= 0.3 is 0 Å². The van der Waals surface area contributed by atoms with Crippen LogP contribution in [0.5, 0.6) is 0 Å². The summed E-state index contributed by atoms with van der Waals surface area (Å²) >= 11 is 0. The fraction of sp³-hybridized carbons (Fsp3) is 0.364. The van der Waals surface area contributed by atoms with Crippen molar-refractivity contribution in [2.24, 2.45) is 0 Å². The molecule has 0 unspecified atom stereocenters. The summed E-state index contributed by atoms with van der Waals surface area (Å²) in [5, 5.41) is 14.1. The van der Waals surface area contributed by atoms with Gasteiger partial charge in [-0.05, 0) is 60.2 Å². The molecule has 1 amide bonds. The first-order valence-electron chi connectivity index (χ1n) is 10.6. The Morgan fingerprint density at radius 1 is 1.15 bits per heavy atom. The summed E-state index contributed by atoms with van der Waals surface area (Å²) in [6, 6.07) is 11.5. The minimum Gasteiger partial charge on any atom is -0.322 e. The highest BCUT2D eigenvalue weighted by Crippen LogP contribution is 2.25. The van der Waals surface area contributed by atoms with Crippen molar-refractivity contribution < 1.29 is 17.6 Å². The molecule has 174 valence electrons. The molecule has 2 heterocycles. The largest absolute Gasteiger partial charge is 0.322 e. The summed E-state index contributed by atoms with van der Waals surface area (Å²) < 4.78 is 39.5. The number of sulfone groups is 1. The average Bonchev–Trinajstić information content (AvgIpc) is 3.25. The van der Waals surface area contributed by atoms with E-state index < -0.39 is 15.7 Å². The Morgan fingerprint density at radius 2 is 1.91 bits per heavy atom. The molecule has 1 aliphatic rings. The van der Waals surface area contributed by atoms with E-state index in [-0.39, 0.29) is 29.0 Å². The summed E-state index contributed by atoms with van der Waals surface area (Å²) in [5.74, 6) is -0.287. The molecule has 1 aromatic heterocycles. The minimum atomic E-state index is -2.94. The maximum absolute atomic E-state index is 14.8. The van der Waals surface area contributed by atoms with Crippen molar-refractivity contribution in [1.82, 2.24) is 25.1 Å². The quantitative estimate of drug-likeness (QED) is 0.587. The zero-order valence-electron chi connectivity index (χ0n) is 18.4.